The summed E-state index contributed by atoms with van der Waals surface area (Å²) in [5, 5.41) is 0.793. The third-order valence-electron chi connectivity index (χ3n) is 3.07. The molecule has 0 heterocycles. The second kappa shape index (κ2) is 7.78. The Hall–Kier alpha value is -0.570. The minimum Gasteiger partial charge on any atom is -0.330 e. The van der Waals surface area contributed by atoms with Crippen molar-refractivity contribution in [3.05, 3.63) is 34.9 Å². The highest BCUT2D eigenvalue weighted by Crippen LogP contribution is 2.14. The molecule has 18 heavy (non-hydrogen) atoms. The van der Waals surface area contributed by atoms with Crippen molar-refractivity contribution in [1.29, 1.82) is 0 Å². The Labute approximate surface area is 116 Å². The van der Waals surface area contributed by atoms with Crippen LogP contribution in [0, 0.1) is 11.8 Å². The first-order chi connectivity index (χ1) is 8.51. The van der Waals surface area contributed by atoms with Crippen LogP contribution in [0.1, 0.15) is 25.8 Å². The van der Waals surface area contributed by atoms with E-state index in [9.17, 15) is 0 Å². The smallest absolute Gasteiger partial charge is 0.0406 e. The molecule has 1 aromatic carbocycles. The largest absolute Gasteiger partial charge is 0.330 e. The zero-order valence-electron chi connectivity index (χ0n) is 11.7. The van der Waals surface area contributed by atoms with Crippen LogP contribution in [0.15, 0.2) is 24.3 Å². The normalized spacial score (nSPS) is 13.3. The van der Waals surface area contributed by atoms with Crippen molar-refractivity contribution >= 4 is 11.6 Å². The van der Waals surface area contributed by atoms with E-state index in [-0.39, 0.29) is 0 Å². The molecule has 0 aliphatic heterocycles. The van der Waals surface area contributed by atoms with Crippen LogP contribution < -0.4 is 5.73 Å². The average molecular weight is 269 g/mol. The third-order valence-corrected chi connectivity index (χ3v) is 3.33. The Balaban J connectivity index is 2.44. The predicted molar refractivity (Wildman–Crippen MR) is 79.8 cm³/mol. The van der Waals surface area contributed by atoms with Crippen molar-refractivity contribution in [1.82, 2.24) is 4.90 Å². The number of nitrogens with two attached hydrogens (primary N) is 1. The molecular weight excluding hydrogens is 244 g/mol. The molecule has 0 fully saturated rings. The average Bonchev–Trinajstić information content (AvgIpc) is 2.30. The first kappa shape index (κ1) is 15.5. The molecule has 0 aromatic heterocycles. The van der Waals surface area contributed by atoms with Crippen LogP contribution in [0.3, 0.4) is 0 Å². The Morgan fingerprint density at radius 1 is 1.22 bits per heavy atom. The van der Waals surface area contributed by atoms with E-state index in [0.717, 1.165) is 24.7 Å². The molecule has 0 saturated carbocycles. The molecule has 2 nitrogen and oxygen atoms in total. The van der Waals surface area contributed by atoms with Gasteiger partial charge in [-0.1, -0.05) is 37.6 Å². The third kappa shape index (κ3) is 5.85. The summed E-state index contributed by atoms with van der Waals surface area (Å²) in [6.45, 7) is 7.27. The first-order valence-corrected chi connectivity index (χ1v) is 7.02. The fraction of sp³-hybridized carbons (Fsp3) is 0.600. The molecule has 0 radical (unpaired) electrons. The second-order valence-corrected chi connectivity index (χ2v) is 5.99. The van der Waals surface area contributed by atoms with Gasteiger partial charge in [-0.15, -0.1) is 0 Å². The summed E-state index contributed by atoms with van der Waals surface area (Å²) in [4.78, 5) is 2.34. The van der Waals surface area contributed by atoms with E-state index in [0.29, 0.717) is 11.8 Å². The fourth-order valence-corrected chi connectivity index (χ4v) is 2.44. The van der Waals surface area contributed by atoms with Crippen LogP contribution in [-0.4, -0.2) is 25.0 Å². The van der Waals surface area contributed by atoms with Gasteiger partial charge in [0.25, 0.3) is 0 Å². The van der Waals surface area contributed by atoms with E-state index in [1.54, 1.807) is 0 Å². The molecule has 0 spiro atoms. The molecule has 0 bridgehead atoms. The minimum atomic E-state index is 0.585. The van der Waals surface area contributed by atoms with Crippen LogP contribution in [0.2, 0.25) is 5.02 Å². The zero-order valence-corrected chi connectivity index (χ0v) is 12.5. The van der Waals surface area contributed by atoms with Gasteiger partial charge in [0.15, 0.2) is 0 Å². The lowest BCUT2D eigenvalue weighted by Crippen LogP contribution is -2.30. The maximum atomic E-state index is 5.88. The lowest BCUT2D eigenvalue weighted by atomic mass is 9.96. The minimum absolute atomic E-state index is 0.585. The van der Waals surface area contributed by atoms with Crippen LogP contribution >= 0.6 is 11.6 Å². The van der Waals surface area contributed by atoms with Crippen LogP contribution in [0.5, 0.6) is 0 Å². The summed E-state index contributed by atoms with van der Waals surface area (Å²) < 4.78 is 0. The number of halogens is 1. The van der Waals surface area contributed by atoms with E-state index >= 15 is 0 Å². The predicted octanol–water partition coefficient (Wildman–Crippen LogP) is 3.39. The van der Waals surface area contributed by atoms with E-state index in [1.165, 1.54) is 12.0 Å². The Kier molecular flexibility index (Phi) is 6.69. The van der Waals surface area contributed by atoms with E-state index in [1.807, 2.05) is 12.1 Å². The molecule has 0 aliphatic carbocycles. The molecule has 1 atom stereocenters. The van der Waals surface area contributed by atoms with Gasteiger partial charge < -0.3 is 10.6 Å². The molecule has 0 saturated heterocycles. The van der Waals surface area contributed by atoms with Crippen molar-refractivity contribution in [3.8, 4) is 0 Å². The SMILES string of the molecule is CC(C)CC(CN)CN(C)Cc1ccc(Cl)cc1. The molecule has 0 amide bonds. The molecule has 1 aromatic rings. The van der Waals surface area contributed by atoms with Gasteiger partial charge in [0.05, 0.1) is 0 Å². The highest BCUT2D eigenvalue weighted by molar-refractivity contribution is 6.30. The maximum absolute atomic E-state index is 5.88. The highest BCUT2D eigenvalue weighted by atomic mass is 35.5. The van der Waals surface area contributed by atoms with Gasteiger partial charge in [0.2, 0.25) is 0 Å². The van der Waals surface area contributed by atoms with Crippen LogP contribution in [-0.2, 0) is 6.54 Å². The lowest BCUT2D eigenvalue weighted by Gasteiger charge is -2.24. The van der Waals surface area contributed by atoms with Crippen molar-refractivity contribution < 1.29 is 0 Å². The van der Waals surface area contributed by atoms with Gasteiger partial charge in [-0.2, -0.15) is 0 Å². The fourth-order valence-electron chi connectivity index (χ4n) is 2.32. The Bertz CT molecular complexity index is 335. The zero-order chi connectivity index (χ0) is 13.5. The summed E-state index contributed by atoms with van der Waals surface area (Å²) in [6.07, 6.45) is 1.20. The number of hydrogen-bond acceptors (Lipinski definition) is 2. The summed E-state index contributed by atoms with van der Waals surface area (Å²) in [5.41, 5.74) is 7.13. The van der Waals surface area contributed by atoms with Gasteiger partial charge in [-0.05, 0) is 49.5 Å². The van der Waals surface area contributed by atoms with Crippen LogP contribution in [0.4, 0.5) is 0 Å². The highest BCUT2D eigenvalue weighted by Gasteiger charge is 2.12. The topological polar surface area (TPSA) is 29.3 Å². The maximum Gasteiger partial charge on any atom is 0.0406 e. The van der Waals surface area contributed by atoms with Crippen molar-refractivity contribution in [2.24, 2.45) is 17.6 Å². The molecular formula is C15H25ClN2. The van der Waals surface area contributed by atoms with Gasteiger partial charge in [0, 0.05) is 18.1 Å². The Morgan fingerprint density at radius 3 is 2.33 bits per heavy atom. The Morgan fingerprint density at radius 2 is 1.83 bits per heavy atom. The van der Waals surface area contributed by atoms with E-state index < -0.39 is 0 Å². The van der Waals surface area contributed by atoms with Crippen molar-refractivity contribution in [2.45, 2.75) is 26.8 Å². The molecule has 3 heteroatoms. The summed E-state index contributed by atoms with van der Waals surface area (Å²) in [7, 11) is 2.15. The van der Waals surface area contributed by atoms with Crippen LogP contribution in [0.25, 0.3) is 0 Å². The van der Waals surface area contributed by atoms with Gasteiger partial charge in [0.1, 0.15) is 0 Å². The summed E-state index contributed by atoms with van der Waals surface area (Å²) >= 11 is 5.88. The first-order valence-electron chi connectivity index (χ1n) is 6.64. The summed E-state index contributed by atoms with van der Waals surface area (Å²) in [5.74, 6) is 1.30. The number of benzene rings is 1. The standard InChI is InChI=1S/C15H25ClN2/c1-12(2)8-14(9-17)11-18(3)10-13-4-6-15(16)7-5-13/h4-7,12,14H,8-11,17H2,1-3H3. The molecule has 2 N–H and O–H groups in total. The molecule has 0 aliphatic rings. The van der Waals surface area contributed by atoms with Crippen molar-refractivity contribution in [3.63, 3.8) is 0 Å². The lowest BCUT2D eigenvalue weighted by molar-refractivity contribution is 0.250. The van der Waals surface area contributed by atoms with Gasteiger partial charge in [-0.25, -0.2) is 0 Å². The molecule has 1 rings (SSSR count). The monoisotopic (exact) mass is 268 g/mol. The molecule has 1 unspecified atom stereocenters. The summed E-state index contributed by atoms with van der Waals surface area (Å²) in [6, 6.07) is 8.05. The van der Waals surface area contributed by atoms with Crippen molar-refractivity contribution in [2.75, 3.05) is 20.1 Å². The number of nitrogens with zero attached hydrogens (tertiary/aromatic N) is 1. The number of hydrogen-bond donors (Lipinski definition) is 1. The number of rotatable bonds is 7. The second-order valence-electron chi connectivity index (χ2n) is 5.55. The van der Waals surface area contributed by atoms with Gasteiger partial charge in [-0.3, -0.25) is 0 Å². The molecule has 102 valence electrons. The van der Waals surface area contributed by atoms with Gasteiger partial charge >= 0.3 is 0 Å². The van der Waals surface area contributed by atoms with E-state index in [4.69, 9.17) is 17.3 Å². The van der Waals surface area contributed by atoms with E-state index in [2.05, 4.69) is 37.9 Å². The quantitative estimate of drug-likeness (QED) is 0.821.